The molecule has 0 fully saturated rings. The molecule has 0 unspecified atom stereocenters. The highest BCUT2D eigenvalue weighted by Gasteiger charge is 2.12. The first-order valence-electron chi connectivity index (χ1n) is 7.02. The fraction of sp³-hybridized carbons (Fsp3) is 0.111. The largest absolute Gasteiger partial charge is 0.494 e. The van der Waals surface area contributed by atoms with Crippen molar-refractivity contribution in [3.63, 3.8) is 0 Å². The van der Waals surface area contributed by atoms with Crippen LogP contribution in [0.4, 0.5) is 0 Å². The Morgan fingerprint density at radius 1 is 1.14 bits per heavy atom. The van der Waals surface area contributed by atoms with Crippen LogP contribution in [-0.4, -0.2) is 16.8 Å². The van der Waals surface area contributed by atoms with Crippen LogP contribution in [0.5, 0.6) is 5.75 Å². The van der Waals surface area contributed by atoms with Gasteiger partial charge < -0.3 is 4.74 Å². The van der Waals surface area contributed by atoms with E-state index in [1.54, 1.807) is 6.07 Å². The molecule has 0 saturated carbocycles. The Hall–Kier alpha value is -2.39. The standard InChI is InChI=1S/C18H14ClNO2/c1-2-22-13-9-7-12(8-10-13)17-11-15(18(19)21)14-5-3-4-6-16(14)20-17/h3-11H,2H2,1H3. The molecule has 4 heteroatoms. The highest BCUT2D eigenvalue weighted by molar-refractivity contribution is 6.68. The minimum absolute atomic E-state index is 0.469. The minimum Gasteiger partial charge on any atom is -0.494 e. The van der Waals surface area contributed by atoms with Gasteiger partial charge in [0.2, 0.25) is 0 Å². The zero-order valence-electron chi connectivity index (χ0n) is 12.0. The second kappa shape index (κ2) is 6.16. The van der Waals surface area contributed by atoms with Crippen LogP contribution in [0.1, 0.15) is 17.3 Å². The molecule has 0 atom stereocenters. The van der Waals surface area contributed by atoms with Gasteiger partial charge >= 0.3 is 0 Å². The number of ether oxygens (including phenoxy) is 1. The zero-order valence-corrected chi connectivity index (χ0v) is 12.8. The number of aromatic nitrogens is 1. The average Bonchev–Trinajstić information content (AvgIpc) is 2.54. The van der Waals surface area contributed by atoms with Crippen LogP contribution < -0.4 is 4.74 Å². The average molecular weight is 312 g/mol. The summed E-state index contributed by atoms with van der Waals surface area (Å²) in [6.07, 6.45) is 0. The van der Waals surface area contributed by atoms with Gasteiger partial charge in [-0.3, -0.25) is 4.79 Å². The van der Waals surface area contributed by atoms with Gasteiger partial charge in [0.05, 0.1) is 17.8 Å². The lowest BCUT2D eigenvalue weighted by Crippen LogP contribution is -1.96. The summed E-state index contributed by atoms with van der Waals surface area (Å²) < 4.78 is 5.43. The second-order valence-electron chi connectivity index (χ2n) is 4.80. The maximum Gasteiger partial charge on any atom is 0.253 e. The smallest absolute Gasteiger partial charge is 0.253 e. The third kappa shape index (κ3) is 2.81. The quantitative estimate of drug-likeness (QED) is 0.657. The van der Waals surface area contributed by atoms with Crippen LogP contribution in [0, 0.1) is 0 Å². The van der Waals surface area contributed by atoms with Gasteiger partial charge in [-0.15, -0.1) is 0 Å². The molecule has 0 amide bonds. The molecule has 3 aromatic rings. The highest BCUT2D eigenvalue weighted by atomic mass is 35.5. The number of rotatable bonds is 4. The van der Waals surface area contributed by atoms with Crippen molar-refractivity contribution in [1.29, 1.82) is 0 Å². The van der Waals surface area contributed by atoms with Crippen LogP contribution >= 0.6 is 11.6 Å². The summed E-state index contributed by atoms with van der Waals surface area (Å²) >= 11 is 5.72. The Morgan fingerprint density at radius 2 is 1.86 bits per heavy atom. The molecule has 3 rings (SSSR count). The van der Waals surface area contributed by atoms with Gasteiger partial charge in [0, 0.05) is 16.5 Å². The van der Waals surface area contributed by atoms with Crippen molar-refractivity contribution in [2.45, 2.75) is 6.92 Å². The van der Waals surface area contributed by atoms with Crippen molar-refractivity contribution < 1.29 is 9.53 Å². The van der Waals surface area contributed by atoms with Gasteiger partial charge in [0.1, 0.15) is 5.75 Å². The molecule has 0 bridgehead atoms. The number of fused-ring (bicyclic) bond motifs is 1. The lowest BCUT2D eigenvalue weighted by Gasteiger charge is -2.08. The van der Waals surface area contributed by atoms with Crippen LogP contribution in [0.15, 0.2) is 54.6 Å². The molecular weight excluding hydrogens is 298 g/mol. The molecule has 0 spiro atoms. The van der Waals surface area contributed by atoms with Crippen molar-refractivity contribution in [2.75, 3.05) is 6.61 Å². The van der Waals surface area contributed by atoms with E-state index in [0.29, 0.717) is 17.9 Å². The molecule has 1 heterocycles. The van der Waals surface area contributed by atoms with Gasteiger partial charge in [-0.2, -0.15) is 0 Å². The first kappa shape index (κ1) is 14.5. The van der Waals surface area contributed by atoms with Crippen molar-refractivity contribution in [3.05, 3.63) is 60.2 Å². The minimum atomic E-state index is -0.481. The molecule has 110 valence electrons. The molecule has 1 aromatic heterocycles. The lowest BCUT2D eigenvalue weighted by molar-refractivity contribution is 0.108. The number of hydrogen-bond acceptors (Lipinski definition) is 3. The Labute approximate surface area is 133 Å². The third-order valence-electron chi connectivity index (χ3n) is 3.39. The number of halogens is 1. The number of para-hydroxylation sites is 1. The fourth-order valence-corrected chi connectivity index (χ4v) is 2.53. The molecule has 0 saturated heterocycles. The monoisotopic (exact) mass is 311 g/mol. The van der Waals surface area contributed by atoms with Gasteiger partial charge in [-0.05, 0) is 54.9 Å². The molecule has 2 aromatic carbocycles. The van der Waals surface area contributed by atoms with Crippen LogP contribution in [-0.2, 0) is 0 Å². The molecule has 0 radical (unpaired) electrons. The van der Waals surface area contributed by atoms with Crippen LogP contribution in [0.2, 0.25) is 0 Å². The first-order valence-corrected chi connectivity index (χ1v) is 7.39. The summed E-state index contributed by atoms with van der Waals surface area (Å²) in [4.78, 5) is 16.3. The van der Waals surface area contributed by atoms with Crippen molar-refractivity contribution in [1.82, 2.24) is 4.98 Å². The predicted molar refractivity (Wildman–Crippen MR) is 88.5 cm³/mol. The zero-order chi connectivity index (χ0) is 15.5. The summed E-state index contributed by atoms with van der Waals surface area (Å²) in [5.74, 6) is 0.806. The number of nitrogens with zero attached hydrogens (tertiary/aromatic N) is 1. The van der Waals surface area contributed by atoms with Crippen LogP contribution in [0.25, 0.3) is 22.2 Å². The first-order chi connectivity index (χ1) is 10.7. The van der Waals surface area contributed by atoms with E-state index in [1.165, 1.54) is 0 Å². The Balaban J connectivity index is 2.12. The van der Waals surface area contributed by atoms with E-state index >= 15 is 0 Å². The van der Waals surface area contributed by atoms with Gasteiger partial charge in [-0.25, -0.2) is 4.98 Å². The topological polar surface area (TPSA) is 39.2 Å². The molecular formula is C18H14ClNO2. The second-order valence-corrected chi connectivity index (χ2v) is 5.15. The number of carbonyl (C=O) groups excluding carboxylic acids is 1. The maximum atomic E-state index is 11.7. The highest BCUT2D eigenvalue weighted by Crippen LogP contribution is 2.27. The number of carbonyl (C=O) groups is 1. The summed E-state index contributed by atoms with van der Waals surface area (Å²) in [6.45, 7) is 2.57. The van der Waals surface area contributed by atoms with E-state index in [9.17, 15) is 4.79 Å². The molecule has 0 aliphatic carbocycles. The predicted octanol–water partition coefficient (Wildman–Crippen LogP) is 4.68. The van der Waals surface area contributed by atoms with Crippen molar-refractivity contribution in [2.24, 2.45) is 0 Å². The Morgan fingerprint density at radius 3 is 2.55 bits per heavy atom. The van der Waals surface area contributed by atoms with E-state index < -0.39 is 5.24 Å². The van der Waals surface area contributed by atoms with E-state index in [1.807, 2.05) is 55.5 Å². The maximum absolute atomic E-state index is 11.7. The van der Waals surface area contributed by atoms with Gasteiger partial charge in [0.15, 0.2) is 0 Å². The third-order valence-corrected chi connectivity index (χ3v) is 3.59. The van der Waals surface area contributed by atoms with Crippen molar-refractivity contribution in [3.8, 4) is 17.0 Å². The molecule has 22 heavy (non-hydrogen) atoms. The molecule has 3 nitrogen and oxygen atoms in total. The van der Waals surface area contributed by atoms with E-state index in [-0.39, 0.29) is 0 Å². The van der Waals surface area contributed by atoms with E-state index in [2.05, 4.69) is 4.98 Å². The molecule has 0 aliphatic rings. The Bertz CT molecular complexity index is 828. The van der Waals surface area contributed by atoms with Crippen molar-refractivity contribution >= 4 is 27.7 Å². The van der Waals surface area contributed by atoms with Crippen LogP contribution in [0.3, 0.4) is 0 Å². The summed E-state index contributed by atoms with van der Waals surface area (Å²) in [5.41, 5.74) is 2.84. The molecule has 0 aliphatic heterocycles. The summed E-state index contributed by atoms with van der Waals surface area (Å²) in [5, 5.41) is 0.281. The summed E-state index contributed by atoms with van der Waals surface area (Å²) in [6, 6.07) is 16.8. The van der Waals surface area contributed by atoms with E-state index in [0.717, 1.165) is 22.2 Å². The number of benzene rings is 2. The number of pyridine rings is 1. The number of hydrogen-bond donors (Lipinski definition) is 0. The molecule has 0 N–H and O–H groups in total. The normalized spacial score (nSPS) is 10.6. The Kier molecular flexibility index (Phi) is 4.07. The SMILES string of the molecule is CCOc1ccc(-c2cc(C(=O)Cl)c3ccccc3n2)cc1. The van der Waals surface area contributed by atoms with Gasteiger partial charge in [-0.1, -0.05) is 18.2 Å². The lowest BCUT2D eigenvalue weighted by atomic mass is 10.0. The van der Waals surface area contributed by atoms with Gasteiger partial charge in [0.25, 0.3) is 5.24 Å². The summed E-state index contributed by atoms with van der Waals surface area (Å²) in [7, 11) is 0. The van der Waals surface area contributed by atoms with E-state index in [4.69, 9.17) is 16.3 Å². The fourth-order valence-electron chi connectivity index (χ4n) is 2.37.